The van der Waals surface area contributed by atoms with Gasteiger partial charge in [-0.1, -0.05) is 20.8 Å². The number of halogens is 1. The van der Waals surface area contributed by atoms with Gasteiger partial charge in [0.05, 0.1) is 11.9 Å². The fourth-order valence-electron chi connectivity index (χ4n) is 1.65. The number of aryl methyl sites for hydroxylation is 2. The first-order chi connectivity index (χ1) is 9.68. The Hall–Kier alpha value is -1.82. The van der Waals surface area contributed by atoms with Gasteiger partial charge in [0.1, 0.15) is 0 Å². The molecule has 6 heteroatoms. The average Bonchev–Trinajstić information content (AvgIpc) is 2.72. The first-order valence-electron chi connectivity index (χ1n) is 6.59. The number of thiazole rings is 1. The number of pyridine rings is 1. The maximum atomic E-state index is 13.3. The number of hydrogen-bond acceptors (Lipinski definition) is 3. The molecule has 0 fully saturated rings. The highest BCUT2D eigenvalue weighted by Gasteiger charge is 2.21. The first-order valence-corrected chi connectivity index (χ1v) is 7.41. The van der Waals surface area contributed by atoms with Crippen LogP contribution in [0.15, 0.2) is 23.5 Å². The number of aromatic nitrogens is 2. The molecule has 2 heterocycles. The number of carbonyl (C=O) groups is 1. The lowest BCUT2D eigenvalue weighted by Gasteiger charge is -2.11. The zero-order valence-electron chi connectivity index (χ0n) is 12.8. The molecule has 0 atom stereocenters. The highest BCUT2D eigenvalue weighted by Crippen LogP contribution is 2.16. The van der Waals surface area contributed by atoms with Gasteiger partial charge in [-0.3, -0.25) is 9.36 Å². The largest absolute Gasteiger partial charge is 0.291 e. The van der Waals surface area contributed by atoms with Crippen LogP contribution < -0.4 is 4.80 Å². The van der Waals surface area contributed by atoms with E-state index in [2.05, 4.69) is 9.98 Å². The average molecular weight is 307 g/mol. The molecule has 0 aromatic carbocycles. The van der Waals surface area contributed by atoms with Gasteiger partial charge < -0.3 is 0 Å². The molecule has 0 aliphatic carbocycles. The van der Waals surface area contributed by atoms with Crippen molar-refractivity contribution in [1.29, 1.82) is 0 Å². The third-order valence-electron chi connectivity index (χ3n) is 2.89. The Kier molecular flexibility index (Phi) is 4.09. The number of hydrogen-bond donors (Lipinski definition) is 0. The predicted octanol–water partition coefficient (Wildman–Crippen LogP) is 3.16. The Bertz CT molecular complexity index is 753. The smallest absolute Gasteiger partial charge is 0.253 e. The van der Waals surface area contributed by atoms with Gasteiger partial charge in [0.25, 0.3) is 5.91 Å². The molecule has 0 saturated heterocycles. The molecule has 0 unspecified atom stereocenters. The molecule has 2 rings (SSSR count). The second-order valence-corrected chi connectivity index (χ2v) is 7.18. The Morgan fingerprint density at radius 3 is 2.62 bits per heavy atom. The minimum absolute atomic E-state index is 0.190. The third-order valence-corrected chi connectivity index (χ3v) is 3.78. The normalized spacial score (nSPS) is 12.8. The summed E-state index contributed by atoms with van der Waals surface area (Å²) in [5, 5.41) is 0. The zero-order valence-corrected chi connectivity index (χ0v) is 13.6. The van der Waals surface area contributed by atoms with Crippen molar-refractivity contribution in [3.8, 4) is 5.69 Å². The topological polar surface area (TPSA) is 47.2 Å². The fraction of sp³-hybridized carbons (Fsp3) is 0.400. The van der Waals surface area contributed by atoms with Gasteiger partial charge in [-0.15, -0.1) is 11.3 Å². The Morgan fingerprint density at radius 1 is 1.38 bits per heavy atom. The summed E-state index contributed by atoms with van der Waals surface area (Å²) in [5.41, 5.74) is 0.614. The van der Waals surface area contributed by atoms with Gasteiger partial charge in [-0.2, -0.15) is 9.38 Å². The minimum atomic E-state index is -0.535. The molecule has 0 bridgehead atoms. The van der Waals surface area contributed by atoms with E-state index in [9.17, 15) is 9.18 Å². The lowest BCUT2D eigenvalue weighted by molar-refractivity contribution is -0.125. The fourth-order valence-corrected chi connectivity index (χ4v) is 2.48. The van der Waals surface area contributed by atoms with Crippen LogP contribution in [0.5, 0.6) is 0 Å². The molecule has 0 spiro atoms. The zero-order chi connectivity index (χ0) is 15.8. The molecule has 0 aliphatic heterocycles. The Labute approximate surface area is 127 Å². The Morgan fingerprint density at radius 2 is 2.05 bits per heavy atom. The Balaban J connectivity index is 2.58. The van der Waals surface area contributed by atoms with Crippen LogP contribution >= 0.6 is 11.3 Å². The van der Waals surface area contributed by atoms with Crippen molar-refractivity contribution in [3.63, 3.8) is 0 Å². The van der Waals surface area contributed by atoms with Crippen molar-refractivity contribution in [3.05, 3.63) is 39.6 Å². The molecular formula is C15H18FN3OS. The molecule has 0 radical (unpaired) electrons. The van der Waals surface area contributed by atoms with E-state index in [1.54, 1.807) is 17.6 Å². The van der Waals surface area contributed by atoms with Gasteiger partial charge in [-0.25, -0.2) is 4.98 Å². The summed E-state index contributed by atoms with van der Waals surface area (Å²) in [6, 6.07) is 1.69. The summed E-state index contributed by atoms with van der Waals surface area (Å²) in [4.78, 5) is 21.6. The standard InChI is InChI=1S/C15H18FN3OS/c1-9-6-11(7-17-12(9)16)19-8-10(2)21-14(19)18-13(20)15(3,4)5/h6-8H,1-5H3/b18-14-. The van der Waals surface area contributed by atoms with Crippen molar-refractivity contribution in [2.75, 3.05) is 0 Å². The van der Waals surface area contributed by atoms with E-state index in [0.717, 1.165) is 4.88 Å². The van der Waals surface area contributed by atoms with E-state index in [0.29, 0.717) is 16.1 Å². The maximum Gasteiger partial charge on any atom is 0.253 e. The number of nitrogens with zero attached hydrogens (tertiary/aromatic N) is 3. The summed E-state index contributed by atoms with van der Waals surface area (Å²) in [6.45, 7) is 9.07. The summed E-state index contributed by atoms with van der Waals surface area (Å²) < 4.78 is 15.1. The van der Waals surface area contributed by atoms with Crippen molar-refractivity contribution >= 4 is 17.2 Å². The van der Waals surface area contributed by atoms with Gasteiger partial charge in [0.15, 0.2) is 4.80 Å². The lowest BCUT2D eigenvalue weighted by Crippen LogP contribution is -2.23. The van der Waals surface area contributed by atoms with Crippen LogP contribution in [0.4, 0.5) is 4.39 Å². The van der Waals surface area contributed by atoms with Crippen LogP contribution in [0.3, 0.4) is 0 Å². The van der Waals surface area contributed by atoms with Crippen molar-refractivity contribution in [2.24, 2.45) is 10.4 Å². The van der Waals surface area contributed by atoms with Crippen LogP contribution in [-0.2, 0) is 4.79 Å². The number of carbonyl (C=O) groups excluding carboxylic acids is 1. The van der Waals surface area contributed by atoms with Crippen molar-refractivity contribution < 1.29 is 9.18 Å². The van der Waals surface area contributed by atoms with E-state index < -0.39 is 11.4 Å². The van der Waals surface area contributed by atoms with E-state index in [1.165, 1.54) is 17.5 Å². The summed E-state index contributed by atoms with van der Waals surface area (Å²) >= 11 is 1.42. The van der Waals surface area contributed by atoms with Gasteiger partial charge in [0.2, 0.25) is 5.95 Å². The van der Waals surface area contributed by atoms with Crippen LogP contribution in [0.2, 0.25) is 0 Å². The SMILES string of the molecule is Cc1cn(-c2cnc(F)c(C)c2)/c(=N/C(=O)C(C)(C)C)s1. The van der Waals surface area contributed by atoms with Crippen LogP contribution in [0.25, 0.3) is 5.69 Å². The highest BCUT2D eigenvalue weighted by molar-refractivity contribution is 7.09. The monoisotopic (exact) mass is 307 g/mol. The van der Waals surface area contributed by atoms with Crippen LogP contribution in [0.1, 0.15) is 31.2 Å². The van der Waals surface area contributed by atoms with E-state index in [4.69, 9.17) is 0 Å². The second-order valence-electron chi connectivity index (χ2n) is 5.96. The lowest BCUT2D eigenvalue weighted by atomic mass is 9.96. The van der Waals surface area contributed by atoms with Crippen LogP contribution in [0, 0.1) is 25.2 Å². The van der Waals surface area contributed by atoms with Crippen molar-refractivity contribution in [2.45, 2.75) is 34.6 Å². The molecule has 1 amide bonds. The summed E-state index contributed by atoms with van der Waals surface area (Å²) in [6.07, 6.45) is 3.31. The second kappa shape index (κ2) is 5.52. The summed E-state index contributed by atoms with van der Waals surface area (Å²) in [5.74, 6) is -0.680. The number of amides is 1. The summed E-state index contributed by atoms with van der Waals surface area (Å²) in [7, 11) is 0. The van der Waals surface area contributed by atoms with Crippen LogP contribution in [-0.4, -0.2) is 15.5 Å². The molecule has 112 valence electrons. The van der Waals surface area contributed by atoms with E-state index >= 15 is 0 Å². The van der Waals surface area contributed by atoms with E-state index in [-0.39, 0.29) is 5.91 Å². The molecule has 0 saturated carbocycles. The van der Waals surface area contributed by atoms with Gasteiger partial charge in [-0.05, 0) is 19.9 Å². The maximum absolute atomic E-state index is 13.3. The molecule has 21 heavy (non-hydrogen) atoms. The number of rotatable bonds is 1. The minimum Gasteiger partial charge on any atom is -0.291 e. The quantitative estimate of drug-likeness (QED) is 0.760. The molecular weight excluding hydrogens is 289 g/mol. The van der Waals surface area contributed by atoms with Gasteiger partial charge in [0, 0.05) is 22.1 Å². The molecule has 0 N–H and O–H groups in total. The van der Waals surface area contributed by atoms with Gasteiger partial charge >= 0.3 is 0 Å². The van der Waals surface area contributed by atoms with E-state index in [1.807, 2.05) is 33.9 Å². The molecule has 0 aliphatic rings. The molecule has 2 aromatic rings. The predicted molar refractivity (Wildman–Crippen MR) is 80.9 cm³/mol. The molecule has 2 aromatic heterocycles. The van der Waals surface area contributed by atoms with Crippen molar-refractivity contribution in [1.82, 2.24) is 9.55 Å². The highest BCUT2D eigenvalue weighted by atomic mass is 32.1. The third kappa shape index (κ3) is 3.44. The molecule has 4 nitrogen and oxygen atoms in total. The first kappa shape index (κ1) is 15.6.